The van der Waals surface area contributed by atoms with Gasteiger partial charge in [-0.3, -0.25) is 0 Å². The number of β-amino-alcohol motifs (C(OH)–C–C–N with tert-alkyl or cyclic N) is 1. The standard InChI is InChI=1S/C20H30N2O2/c1-20(2,3)18-7-5-4-6-17(18)15-8-11-21(12-9-15)19(24)22-13-10-16(23)14-22/h4-7,15-16,23H,8-14H2,1-3H3. The Kier molecular flexibility index (Phi) is 4.86. The average molecular weight is 330 g/mol. The summed E-state index contributed by atoms with van der Waals surface area (Å²) in [5.41, 5.74) is 3.03. The summed E-state index contributed by atoms with van der Waals surface area (Å²) in [6.07, 6.45) is 2.41. The number of piperidine rings is 1. The topological polar surface area (TPSA) is 43.8 Å². The van der Waals surface area contributed by atoms with E-state index in [2.05, 4.69) is 45.0 Å². The van der Waals surface area contributed by atoms with Crippen molar-refractivity contribution in [2.75, 3.05) is 26.2 Å². The number of aliphatic hydroxyl groups is 1. The highest BCUT2D eigenvalue weighted by Gasteiger charge is 2.32. The predicted molar refractivity (Wildman–Crippen MR) is 96.3 cm³/mol. The van der Waals surface area contributed by atoms with Gasteiger partial charge in [0, 0.05) is 26.2 Å². The minimum atomic E-state index is -0.342. The maximum absolute atomic E-state index is 12.6. The number of hydrogen-bond donors (Lipinski definition) is 1. The summed E-state index contributed by atoms with van der Waals surface area (Å²) in [4.78, 5) is 16.3. The van der Waals surface area contributed by atoms with Gasteiger partial charge in [-0.2, -0.15) is 0 Å². The van der Waals surface area contributed by atoms with Crippen molar-refractivity contribution < 1.29 is 9.90 Å². The van der Waals surface area contributed by atoms with E-state index < -0.39 is 0 Å². The third-order valence-electron chi connectivity index (χ3n) is 5.41. The zero-order chi connectivity index (χ0) is 17.3. The second-order valence-corrected chi connectivity index (χ2v) is 8.27. The molecule has 3 rings (SSSR count). The van der Waals surface area contributed by atoms with Crippen LogP contribution in [0.15, 0.2) is 24.3 Å². The zero-order valence-electron chi connectivity index (χ0n) is 15.2. The molecular formula is C20H30N2O2. The Bertz CT molecular complexity index is 586. The van der Waals surface area contributed by atoms with E-state index in [1.54, 1.807) is 4.90 Å². The number of likely N-dealkylation sites (tertiary alicyclic amines) is 2. The summed E-state index contributed by atoms with van der Waals surface area (Å²) in [5, 5.41) is 9.63. The Hall–Kier alpha value is -1.55. The van der Waals surface area contributed by atoms with Crippen LogP contribution in [0.25, 0.3) is 0 Å². The zero-order valence-corrected chi connectivity index (χ0v) is 15.2. The normalized spacial score (nSPS) is 22.9. The highest BCUT2D eigenvalue weighted by atomic mass is 16.3. The average Bonchev–Trinajstić information content (AvgIpc) is 3.00. The summed E-state index contributed by atoms with van der Waals surface area (Å²) in [6.45, 7) is 9.61. The first-order valence-corrected chi connectivity index (χ1v) is 9.17. The molecule has 2 fully saturated rings. The number of aliphatic hydroxyl groups excluding tert-OH is 1. The first-order chi connectivity index (χ1) is 11.4. The molecule has 2 saturated heterocycles. The number of rotatable bonds is 1. The monoisotopic (exact) mass is 330 g/mol. The maximum atomic E-state index is 12.6. The summed E-state index contributed by atoms with van der Waals surface area (Å²) >= 11 is 0. The summed E-state index contributed by atoms with van der Waals surface area (Å²) in [7, 11) is 0. The smallest absolute Gasteiger partial charge is 0.320 e. The summed E-state index contributed by atoms with van der Waals surface area (Å²) in [5.74, 6) is 0.536. The van der Waals surface area contributed by atoms with E-state index in [9.17, 15) is 9.90 Å². The second-order valence-electron chi connectivity index (χ2n) is 8.27. The first kappa shape index (κ1) is 17.3. The Morgan fingerprint density at radius 1 is 1.04 bits per heavy atom. The molecule has 4 nitrogen and oxygen atoms in total. The molecule has 1 aromatic carbocycles. The largest absolute Gasteiger partial charge is 0.391 e. The molecule has 2 aliphatic rings. The van der Waals surface area contributed by atoms with Crippen molar-refractivity contribution >= 4 is 6.03 Å². The molecule has 0 bridgehead atoms. The molecule has 1 N–H and O–H groups in total. The molecule has 4 heteroatoms. The number of carbonyl (C=O) groups is 1. The summed E-state index contributed by atoms with van der Waals surface area (Å²) in [6, 6.07) is 8.88. The van der Waals surface area contributed by atoms with Crippen molar-refractivity contribution in [2.45, 2.75) is 57.5 Å². The molecule has 1 unspecified atom stereocenters. The number of hydrogen-bond acceptors (Lipinski definition) is 2. The molecule has 0 aromatic heterocycles. The van der Waals surface area contributed by atoms with E-state index in [0.717, 1.165) is 25.9 Å². The fourth-order valence-corrected chi connectivity index (χ4v) is 4.03. The van der Waals surface area contributed by atoms with E-state index in [1.165, 1.54) is 11.1 Å². The molecule has 0 aliphatic carbocycles. The number of nitrogens with zero attached hydrogens (tertiary/aromatic N) is 2. The van der Waals surface area contributed by atoms with Crippen LogP contribution in [0.1, 0.15) is 57.1 Å². The van der Waals surface area contributed by atoms with Gasteiger partial charge in [-0.1, -0.05) is 45.0 Å². The number of amides is 2. The highest BCUT2D eigenvalue weighted by Crippen LogP contribution is 2.36. The second kappa shape index (κ2) is 6.75. The molecule has 0 saturated carbocycles. The van der Waals surface area contributed by atoms with E-state index >= 15 is 0 Å². The van der Waals surface area contributed by atoms with Crippen molar-refractivity contribution in [1.82, 2.24) is 9.80 Å². The molecule has 1 atom stereocenters. The third-order valence-corrected chi connectivity index (χ3v) is 5.41. The van der Waals surface area contributed by atoms with Crippen LogP contribution >= 0.6 is 0 Å². The van der Waals surface area contributed by atoms with Crippen molar-refractivity contribution in [2.24, 2.45) is 0 Å². The molecule has 0 radical (unpaired) electrons. The maximum Gasteiger partial charge on any atom is 0.320 e. The van der Waals surface area contributed by atoms with Crippen LogP contribution < -0.4 is 0 Å². The van der Waals surface area contributed by atoms with Crippen molar-refractivity contribution in [3.63, 3.8) is 0 Å². The van der Waals surface area contributed by atoms with Crippen LogP contribution in [0.5, 0.6) is 0 Å². The van der Waals surface area contributed by atoms with Gasteiger partial charge < -0.3 is 14.9 Å². The molecule has 0 spiro atoms. The predicted octanol–water partition coefficient (Wildman–Crippen LogP) is 3.35. The van der Waals surface area contributed by atoms with Gasteiger partial charge in [0.2, 0.25) is 0 Å². The number of urea groups is 1. The molecule has 1 aromatic rings. The van der Waals surface area contributed by atoms with E-state index in [1.807, 2.05) is 4.90 Å². The Labute approximate surface area is 145 Å². The van der Waals surface area contributed by atoms with Gasteiger partial charge in [0.25, 0.3) is 0 Å². The van der Waals surface area contributed by atoms with Crippen LogP contribution in [0.4, 0.5) is 4.79 Å². The van der Waals surface area contributed by atoms with Gasteiger partial charge >= 0.3 is 6.03 Å². The van der Waals surface area contributed by atoms with Gasteiger partial charge in [0.15, 0.2) is 0 Å². The van der Waals surface area contributed by atoms with E-state index in [-0.39, 0.29) is 17.6 Å². The van der Waals surface area contributed by atoms with Crippen LogP contribution in [0, 0.1) is 0 Å². The summed E-state index contributed by atoms with van der Waals surface area (Å²) < 4.78 is 0. The molecule has 2 heterocycles. The number of carbonyl (C=O) groups excluding carboxylic acids is 1. The molecule has 2 aliphatic heterocycles. The Morgan fingerprint density at radius 2 is 1.67 bits per heavy atom. The molecular weight excluding hydrogens is 300 g/mol. The van der Waals surface area contributed by atoms with Crippen LogP contribution in [0.3, 0.4) is 0 Å². The van der Waals surface area contributed by atoms with Gasteiger partial charge in [0.1, 0.15) is 0 Å². The minimum absolute atomic E-state index is 0.106. The third kappa shape index (κ3) is 3.59. The van der Waals surface area contributed by atoms with Crippen LogP contribution in [-0.4, -0.2) is 53.2 Å². The van der Waals surface area contributed by atoms with Gasteiger partial charge in [-0.25, -0.2) is 4.79 Å². The van der Waals surface area contributed by atoms with Crippen molar-refractivity contribution in [3.8, 4) is 0 Å². The quantitative estimate of drug-likeness (QED) is 0.858. The lowest BCUT2D eigenvalue weighted by molar-refractivity contribution is 0.136. The first-order valence-electron chi connectivity index (χ1n) is 9.17. The van der Waals surface area contributed by atoms with Crippen LogP contribution in [0.2, 0.25) is 0 Å². The lowest BCUT2D eigenvalue weighted by Gasteiger charge is -2.36. The molecule has 24 heavy (non-hydrogen) atoms. The van der Waals surface area contributed by atoms with E-state index in [0.29, 0.717) is 25.4 Å². The Balaban J connectivity index is 1.65. The highest BCUT2D eigenvalue weighted by molar-refractivity contribution is 5.75. The van der Waals surface area contributed by atoms with Gasteiger partial charge in [-0.15, -0.1) is 0 Å². The van der Waals surface area contributed by atoms with Crippen LogP contribution in [-0.2, 0) is 5.41 Å². The number of benzene rings is 1. The van der Waals surface area contributed by atoms with Crippen molar-refractivity contribution in [3.05, 3.63) is 35.4 Å². The minimum Gasteiger partial charge on any atom is -0.391 e. The van der Waals surface area contributed by atoms with Crippen molar-refractivity contribution in [1.29, 1.82) is 0 Å². The molecule has 2 amide bonds. The Morgan fingerprint density at radius 3 is 2.25 bits per heavy atom. The SMILES string of the molecule is CC(C)(C)c1ccccc1C1CCN(C(=O)N2CCC(O)C2)CC1. The molecule has 132 valence electrons. The van der Waals surface area contributed by atoms with Gasteiger partial charge in [0.05, 0.1) is 6.10 Å². The van der Waals surface area contributed by atoms with Gasteiger partial charge in [-0.05, 0) is 41.7 Å². The fourth-order valence-electron chi connectivity index (χ4n) is 4.03. The fraction of sp³-hybridized carbons (Fsp3) is 0.650. The lowest BCUT2D eigenvalue weighted by Crippen LogP contribution is -2.46. The van der Waals surface area contributed by atoms with E-state index in [4.69, 9.17) is 0 Å². The lowest BCUT2D eigenvalue weighted by atomic mass is 9.77.